The minimum Gasteiger partial charge on any atom is -0.353 e. The Morgan fingerprint density at radius 2 is 2.04 bits per heavy atom. The predicted molar refractivity (Wildman–Crippen MR) is 94.9 cm³/mol. The van der Waals surface area contributed by atoms with Crippen molar-refractivity contribution in [1.82, 2.24) is 9.78 Å². The number of hydrogen-bond donors (Lipinski definition) is 1. The van der Waals surface area contributed by atoms with Crippen LogP contribution in [0.3, 0.4) is 0 Å². The van der Waals surface area contributed by atoms with Crippen LogP contribution in [0.5, 0.6) is 0 Å². The fourth-order valence-electron chi connectivity index (χ4n) is 2.74. The summed E-state index contributed by atoms with van der Waals surface area (Å²) in [6, 6.07) is 7.36. The second kappa shape index (κ2) is 6.57. The van der Waals surface area contributed by atoms with Crippen molar-refractivity contribution in [3.05, 3.63) is 51.4 Å². The Kier molecular flexibility index (Phi) is 4.64. The van der Waals surface area contributed by atoms with Gasteiger partial charge in [0, 0.05) is 5.69 Å². The smallest absolute Gasteiger partial charge is 0.287 e. The van der Waals surface area contributed by atoms with Gasteiger partial charge in [0.1, 0.15) is 5.02 Å². The Morgan fingerprint density at radius 3 is 2.62 bits per heavy atom. The molecule has 8 heteroatoms. The van der Waals surface area contributed by atoms with Gasteiger partial charge < -0.3 is 5.32 Å². The van der Waals surface area contributed by atoms with Crippen molar-refractivity contribution in [2.45, 2.75) is 25.8 Å². The van der Waals surface area contributed by atoms with Crippen molar-refractivity contribution in [3.63, 3.8) is 0 Å². The quantitative estimate of drug-likeness (QED) is 0.898. The number of hydrogen-bond acceptors (Lipinski definition) is 5. The van der Waals surface area contributed by atoms with Gasteiger partial charge in [-0.05, 0) is 30.5 Å². The van der Waals surface area contributed by atoms with Gasteiger partial charge in [0.15, 0.2) is 9.84 Å². The monoisotopic (exact) mass is 367 g/mol. The Hall–Kier alpha value is -1.86. The zero-order chi connectivity index (χ0) is 17.3. The van der Waals surface area contributed by atoms with Gasteiger partial charge in [-0.3, -0.25) is 4.79 Å². The molecule has 0 saturated carbocycles. The van der Waals surface area contributed by atoms with Gasteiger partial charge in [-0.15, -0.1) is 0 Å². The van der Waals surface area contributed by atoms with E-state index in [1.165, 1.54) is 16.4 Å². The first-order valence-corrected chi connectivity index (χ1v) is 9.93. The summed E-state index contributed by atoms with van der Waals surface area (Å²) in [6.45, 7) is 2.08. The van der Waals surface area contributed by atoms with E-state index in [1.807, 2.05) is 24.3 Å². The van der Waals surface area contributed by atoms with E-state index >= 15 is 0 Å². The lowest BCUT2D eigenvalue weighted by Crippen LogP contribution is -2.28. The Balaban J connectivity index is 1.86. The second-order valence-corrected chi connectivity index (χ2v) is 8.46. The maximum absolute atomic E-state index is 12.4. The highest BCUT2D eigenvalue weighted by Gasteiger charge is 2.31. The van der Waals surface area contributed by atoms with E-state index in [0.717, 1.165) is 12.1 Å². The highest BCUT2D eigenvalue weighted by atomic mass is 35.5. The molecule has 0 aliphatic carbocycles. The molecular formula is C16H18ClN3O3S. The number of aryl methyl sites for hydroxylation is 1. The predicted octanol–water partition coefficient (Wildman–Crippen LogP) is 2.56. The molecule has 24 heavy (non-hydrogen) atoms. The molecule has 2 aromatic rings. The molecule has 0 bridgehead atoms. The topological polar surface area (TPSA) is 81.1 Å². The standard InChI is InChI=1S/C16H18ClN3O3S/c1-2-11-3-5-12(6-4-11)19-14-9-18-20(16(21)15(14)17)13-7-8-24(22,23)10-13/h3-6,9,13,19H,2,7-8,10H2,1H3/t13-/m0/s1. The molecule has 128 valence electrons. The number of aromatic nitrogens is 2. The van der Waals surface area contributed by atoms with Gasteiger partial charge in [0.05, 0.1) is 29.4 Å². The Morgan fingerprint density at radius 1 is 1.33 bits per heavy atom. The highest BCUT2D eigenvalue weighted by Crippen LogP contribution is 2.25. The van der Waals surface area contributed by atoms with Crippen molar-refractivity contribution in [2.75, 3.05) is 16.8 Å². The average Bonchev–Trinajstić information content (AvgIpc) is 2.92. The lowest BCUT2D eigenvalue weighted by molar-refractivity contribution is 0.474. The maximum atomic E-state index is 12.4. The molecule has 0 amide bonds. The zero-order valence-corrected chi connectivity index (χ0v) is 14.8. The molecule has 1 fully saturated rings. The van der Waals surface area contributed by atoms with E-state index in [0.29, 0.717) is 12.1 Å². The van der Waals surface area contributed by atoms with Gasteiger partial charge in [0.2, 0.25) is 0 Å². The third kappa shape index (κ3) is 3.47. The van der Waals surface area contributed by atoms with Crippen LogP contribution in [0.4, 0.5) is 11.4 Å². The average molecular weight is 368 g/mol. The minimum absolute atomic E-state index is 0.00821. The van der Waals surface area contributed by atoms with Crippen molar-refractivity contribution >= 4 is 32.8 Å². The molecule has 0 spiro atoms. The number of nitrogens with zero attached hydrogens (tertiary/aromatic N) is 2. The third-order valence-corrected chi connectivity index (χ3v) is 6.25. The molecule has 3 rings (SSSR count). The van der Waals surface area contributed by atoms with E-state index in [-0.39, 0.29) is 16.5 Å². The molecular weight excluding hydrogens is 350 g/mol. The molecule has 2 heterocycles. The number of halogens is 1. The van der Waals surface area contributed by atoms with Crippen molar-refractivity contribution in [1.29, 1.82) is 0 Å². The van der Waals surface area contributed by atoms with Crippen molar-refractivity contribution < 1.29 is 8.42 Å². The summed E-state index contributed by atoms with van der Waals surface area (Å²) in [5.41, 5.74) is 1.94. The first kappa shape index (κ1) is 17.0. The molecule has 1 saturated heterocycles. The first-order chi connectivity index (χ1) is 11.4. The van der Waals surface area contributed by atoms with E-state index in [1.54, 1.807) is 0 Å². The van der Waals surface area contributed by atoms with Crippen LogP contribution in [-0.4, -0.2) is 29.7 Å². The fourth-order valence-corrected chi connectivity index (χ4v) is 4.61. The minimum atomic E-state index is -3.10. The molecule has 1 atom stereocenters. The van der Waals surface area contributed by atoms with Crippen LogP contribution in [0.25, 0.3) is 0 Å². The molecule has 0 unspecified atom stereocenters. The van der Waals surface area contributed by atoms with E-state index in [9.17, 15) is 13.2 Å². The normalized spacial score (nSPS) is 19.3. The number of rotatable bonds is 4. The van der Waals surface area contributed by atoms with Crippen LogP contribution < -0.4 is 10.9 Å². The van der Waals surface area contributed by atoms with E-state index < -0.39 is 21.4 Å². The largest absolute Gasteiger partial charge is 0.353 e. The van der Waals surface area contributed by atoms with Crippen LogP contribution >= 0.6 is 11.6 Å². The molecule has 1 aromatic heterocycles. The summed E-state index contributed by atoms with van der Waals surface area (Å²) in [7, 11) is -3.10. The van der Waals surface area contributed by atoms with Crippen LogP contribution in [-0.2, 0) is 16.3 Å². The molecule has 1 aliphatic rings. The summed E-state index contributed by atoms with van der Waals surface area (Å²) in [4.78, 5) is 12.4. The zero-order valence-electron chi connectivity index (χ0n) is 13.2. The molecule has 1 aliphatic heterocycles. The summed E-state index contributed by atoms with van der Waals surface area (Å²) < 4.78 is 24.3. The van der Waals surface area contributed by atoms with Crippen LogP contribution in [0, 0.1) is 0 Å². The van der Waals surface area contributed by atoms with Gasteiger partial charge >= 0.3 is 0 Å². The van der Waals surface area contributed by atoms with Gasteiger partial charge in [-0.25, -0.2) is 13.1 Å². The van der Waals surface area contributed by atoms with Crippen molar-refractivity contribution in [2.24, 2.45) is 0 Å². The fraction of sp³-hybridized carbons (Fsp3) is 0.375. The highest BCUT2D eigenvalue weighted by molar-refractivity contribution is 7.91. The van der Waals surface area contributed by atoms with Gasteiger partial charge in [0.25, 0.3) is 5.56 Å². The Bertz CT molecular complexity index is 907. The molecule has 0 radical (unpaired) electrons. The first-order valence-electron chi connectivity index (χ1n) is 7.73. The summed E-state index contributed by atoms with van der Waals surface area (Å²) >= 11 is 6.17. The second-order valence-electron chi connectivity index (χ2n) is 5.85. The summed E-state index contributed by atoms with van der Waals surface area (Å²) in [5.74, 6) is 0.00861. The van der Waals surface area contributed by atoms with Gasteiger partial charge in [-0.2, -0.15) is 5.10 Å². The van der Waals surface area contributed by atoms with E-state index in [2.05, 4.69) is 17.3 Å². The lowest BCUT2D eigenvalue weighted by atomic mass is 10.1. The maximum Gasteiger partial charge on any atom is 0.287 e. The molecule has 6 nitrogen and oxygen atoms in total. The van der Waals surface area contributed by atoms with Crippen LogP contribution in [0.1, 0.15) is 24.9 Å². The van der Waals surface area contributed by atoms with Gasteiger partial charge in [-0.1, -0.05) is 30.7 Å². The lowest BCUT2D eigenvalue weighted by Gasteiger charge is -2.14. The number of nitrogens with one attached hydrogen (secondary N) is 1. The Labute approximate surface area is 145 Å². The third-order valence-electron chi connectivity index (χ3n) is 4.14. The molecule has 1 aromatic carbocycles. The summed E-state index contributed by atoms with van der Waals surface area (Å²) in [6.07, 6.45) is 2.79. The number of anilines is 2. The van der Waals surface area contributed by atoms with Crippen LogP contribution in [0.15, 0.2) is 35.3 Å². The van der Waals surface area contributed by atoms with Crippen LogP contribution in [0.2, 0.25) is 5.02 Å². The summed E-state index contributed by atoms with van der Waals surface area (Å²) in [5, 5.41) is 7.19. The van der Waals surface area contributed by atoms with Crippen molar-refractivity contribution in [3.8, 4) is 0 Å². The number of sulfone groups is 1. The molecule has 1 N–H and O–H groups in total. The SMILES string of the molecule is CCc1ccc(Nc2cnn([C@H]3CCS(=O)(=O)C3)c(=O)c2Cl)cc1. The van der Waals surface area contributed by atoms with E-state index in [4.69, 9.17) is 11.6 Å². The number of benzene rings is 1.